The predicted octanol–water partition coefficient (Wildman–Crippen LogP) is 3.24. The van der Waals surface area contributed by atoms with E-state index in [-0.39, 0.29) is 11.9 Å². The summed E-state index contributed by atoms with van der Waals surface area (Å²) >= 11 is 0. The Hall–Kier alpha value is -2.30. The van der Waals surface area contributed by atoms with Crippen LogP contribution in [0.5, 0.6) is 0 Å². The Morgan fingerprint density at radius 1 is 1.19 bits per heavy atom. The van der Waals surface area contributed by atoms with Gasteiger partial charge in [-0.15, -0.1) is 0 Å². The lowest BCUT2D eigenvalue weighted by Crippen LogP contribution is -2.50. The third kappa shape index (κ3) is 3.24. The van der Waals surface area contributed by atoms with Gasteiger partial charge in [-0.05, 0) is 37.3 Å². The van der Waals surface area contributed by atoms with Gasteiger partial charge >= 0.3 is 5.97 Å². The highest BCUT2D eigenvalue weighted by Gasteiger charge is 2.51. The first-order chi connectivity index (χ1) is 12.9. The van der Waals surface area contributed by atoms with Gasteiger partial charge in [0.05, 0.1) is 0 Å². The maximum Gasteiger partial charge on any atom is 0.331 e. The van der Waals surface area contributed by atoms with Gasteiger partial charge in [0.15, 0.2) is 6.23 Å². The first kappa shape index (κ1) is 18.1. The number of carbonyl (C=O) groups is 2. The van der Waals surface area contributed by atoms with Crippen LogP contribution in [0.15, 0.2) is 30.5 Å². The molecule has 1 saturated heterocycles. The number of carbonyl (C=O) groups excluding carboxylic acids is 2. The second-order valence-electron chi connectivity index (χ2n) is 8.05. The lowest BCUT2D eigenvalue weighted by atomic mass is 9.91. The van der Waals surface area contributed by atoms with Crippen LogP contribution in [0.3, 0.4) is 0 Å². The summed E-state index contributed by atoms with van der Waals surface area (Å²) in [7, 11) is 0. The van der Waals surface area contributed by atoms with Gasteiger partial charge in [-0.3, -0.25) is 9.69 Å². The maximum absolute atomic E-state index is 13.2. The second-order valence-corrected chi connectivity index (χ2v) is 8.05. The Morgan fingerprint density at radius 3 is 2.59 bits per heavy atom. The summed E-state index contributed by atoms with van der Waals surface area (Å²) in [6.07, 6.45) is 9.19. The first-order valence-electron chi connectivity index (χ1n) is 9.16. The number of hydrogen-bond donors (Lipinski definition) is 1. The summed E-state index contributed by atoms with van der Waals surface area (Å²) in [4.78, 5) is 30.8. The van der Waals surface area contributed by atoms with Crippen LogP contribution in [0, 0.1) is 37.0 Å². The number of nitrogens with zero attached hydrogens (tertiary/aromatic N) is 1. The minimum Gasteiger partial charge on any atom is -0.439 e. The van der Waals surface area contributed by atoms with Crippen molar-refractivity contribution in [3.05, 3.63) is 67.6 Å². The molecule has 1 aliphatic carbocycles. The molecule has 2 atom stereocenters. The molecule has 1 amide bonds. The minimum atomic E-state index is -0.672. The van der Waals surface area contributed by atoms with Crippen LogP contribution in [0.2, 0.25) is 0 Å². The Bertz CT molecular complexity index is 858. The standard InChI is InChI=1S/C22H23N2O3/c1-22(2,3)21(26)24-18(20(25)27-19(24)14-8-4-5-9-14)12-15-13-23-17-11-7-6-10-16(15)17/h4-11,13,18-19,23H,12H2,1-3H3/t18-,19-/m0/s1. The van der Waals surface area contributed by atoms with Crippen LogP contribution in [-0.4, -0.2) is 34.0 Å². The number of amides is 1. The highest BCUT2D eigenvalue weighted by atomic mass is 16.6. The van der Waals surface area contributed by atoms with E-state index >= 15 is 0 Å². The van der Waals surface area contributed by atoms with Gasteiger partial charge < -0.3 is 9.72 Å². The highest BCUT2D eigenvalue weighted by Crippen LogP contribution is 2.38. The topological polar surface area (TPSA) is 62.4 Å². The molecule has 0 spiro atoms. The van der Waals surface area contributed by atoms with Crippen molar-refractivity contribution in [3.63, 3.8) is 0 Å². The first-order valence-corrected chi connectivity index (χ1v) is 9.16. The third-order valence-electron chi connectivity index (χ3n) is 5.03. The van der Waals surface area contributed by atoms with Crippen LogP contribution < -0.4 is 0 Å². The van der Waals surface area contributed by atoms with Crippen molar-refractivity contribution in [3.8, 4) is 0 Å². The van der Waals surface area contributed by atoms with Crippen molar-refractivity contribution in [2.45, 2.75) is 39.5 Å². The van der Waals surface area contributed by atoms with Crippen molar-refractivity contribution in [1.29, 1.82) is 0 Å². The maximum atomic E-state index is 13.2. The lowest BCUT2D eigenvalue weighted by Gasteiger charge is -2.34. The Kier molecular flexibility index (Phi) is 4.49. The molecule has 1 aliphatic heterocycles. The average molecular weight is 363 g/mol. The summed E-state index contributed by atoms with van der Waals surface area (Å²) in [5, 5.41) is 1.06. The molecule has 1 saturated carbocycles. The van der Waals surface area contributed by atoms with Crippen LogP contribution in [0.1, 0.15) is 26.3 Å². The van der Waals surface area contributed by atoms with E-state index in [0.29, 0.717) is 6.42 Å². The van der Waals surface area contributed by atoms with Gasteiger partial charge in [0.1, 0.15) is 6.04 Å². The Morgan fingerprint density at radius 2 is 1.89 bits per heavy atom. The van der Waals surface area contributed by atoms with Crippen LogP contribution in [0.4, 0.5) is 0 Å². The molecule has 2 aromatic rings. The van der Waals surface area contributed by atoms with E-state index in [1.807, 2.05) is 76.9 Å². The summed E-state index contributed by atoms with van der Waals surface area (Å²) < 4.78 is 5.66. The van der Waals surface area contributed by atoms with E-state index in [4.69, 9.17) is 4.74 Å². The van der Waals surface area contributed by atoms with Crippen LogP contribution in [-0.2, 0) is 20.7 Å². The smallest absolute Gasteiger partial charge is 0.331 e. The predicted molar refractivity (Wildman–Crippen MR) is 102 cm³/mol. The van der Waals surface area contributed by atoms with E-state index in [2.05, 4.69) is 4.98 Å². The van der Waals surface area contributed by atoms with Gasteiger partial charge in [0.2, 0.25) is 5.91 Å². The molecule has 0 bridgehead atoms. The molecule has 5 radical (unpaired) electrons. The molecule has 1 aromatic heterocycles. The van der Waals surface area contributed by atoms with Crippen molar-refractivity contribution in [1.82, 2.24) is 9.88 Å². The number of rotatable bonds is 3. The fourth-order valence-electron chi connectivity index (χ4n) is 3.63. The number of para-hydroxylation sites is 1. The van der Waals surface area contributed by atoms with E-state index in [9.17, 15) is 9.59 Å². The van der Waals surface area contributed by atoms with E-state index in [1.54, 1.807) is 4.90 Å². The molecular weight excluding hydrogens is 340 g/mol. The highest BCUT2D eigenvalue weighted by molar-refractivity contribution is 5.91. The molecule has 139 valence electrons. The summed E-state index contributed by atoms with van der Waals surface area (Å²) in [6.45, 7) is 5.59. The summed E-state index contributed by atoms with van der Waals surface area (Å²) in [5.41, 5.74) is 1.40. The van der Waals surface area contributed by atoms with E-state index in [1.165, 1.54) is 0 Å². The van der Waals surface area contributed by atoms with Gasteiger partial charge in [-0.25, -0.2) is 4.79 Å². The van der Waals surface area contributed by atoms with Crippen LogP contribution in [0.25, 0.3) is 10.9 Å². The number of fused-ring (bicyclic) bond motifs is 1. The van der Waals surface area contributed by atoms with Crippen molar-refractivity contribution >= 4 is 22.8 Å². The summed E-state index contributed by atoms with van der Waals surface area (Å²) in [6, 6.07) is 7.31. The van der Waals surface area contributed by atoms with Gasteiger partial charge in [0, 0.05) is 34.9 Å². The van der Waals surface area contributed by atoms with Crippen molar-refractivity contribution < 1.29 is 14.3 Å². The minimum absolute atomic E-state index is 0.0932. The quantitative estimate of drug-likeness (QED) is 0.852. The monoisotopic (exact) mass is 363 g/mol. The fourth-order valence-corrected chi connectivity index (χ4v) is 3.63. The molecule has 1 aromatic carbocycles. The van der Waals surface area contributed by atoms with Gasteiger partial charge in [-0.2, -0.15) is 0 Å². The SMILES string of the molecule is CC(C)(C)C(=O)N1[C@H]([C]2[CH][CH][CH][CH]2)OC(=O)[C@@H]1Cc1c[nH]c2ccccc12. The average Bonchev–Trinajstić information content (AvgIpc) is 3.34. The number of aromatic amines is 1. The van der Waals surface area contributed by atoms with E-state index in [0.717, 1.165) is 22.4 Å². The normalized spacial score (nSPS) is 24.0. The number of nitrogens with one attached hydrogen (secondary N) is 1. The zero-order valence-electron chi connectivity index (χ0n) is 15.7. The van der Waals surface area contributed by atoms with Gasteiger partial charge in [0.25, 0.3) is 0 Å². The number of H-pyrrole nitrogens is 1. The molecular formula is C22H23N2O3. The molecule has 2 heterocycles. The molecule has 5 nitrogen and oxygen atoms in total. The molecule has 4 rings (SSSR count). The number of cyclic esters (lactones) is 1. The molecule has 2 fully saturated rings. The second kappa shape index (κ2) is 6.70. The number of benzene rings is 1. The third-order valence-corrected chi connectivity index (χ3v) is 5.03. The molecule has 27 heavy (non-hydrogen) atoms. The van der Waals surface area contributed by atoms with Crippen molar-refractivity contribution in [2.75, 3.05) is 0 Å². The molecule has 0 unspecified atom stereocenters. The number of esters is 1. The molecule has 1 N–H and O–H groups in total. The zero-order chi connectivity index (χ0) is 19.2. The number of ether oxygens (including phenoxy) is 1. The van der Waals surface area contributed by atoms with Gasteiger partial charge in [-0.1, -0.05) is 39.0 Å². The zero-order valence-corrected chi connectivity index (χ0v) is 15.7. The molecule has 5 heteroatoms. The van der Waals surface area contributed by atoms with Crippen molar-refractivity contribution in [2.24, 2.45) is 5.41 Å². The van der Waals surface area contributed by atoms with E-state index < -0.39 is 17.7 Å². The number of aromatic nitrogens is 1. The largest absolute Gasteiger partial charge is 0.439 e. The van der Waals surface area contributed by atoms with Crippen LogP contribution >= 0.6 is 0 Å². The molecule has 2 aliphatic rings. The number of hydrogen-bond acceptors (Lipinski definition) is 3. The Balaban J connectivity index is 1.68. The lowest BCUT2D eigenvalue weighted by molar-refractivity contribution is -0.145. The Labute approximate surface area is 160 Å². The fraction of sp³-hybridized carbons (Fsp3) is 0.318. The summed E-state index contributed by atoms with van der Waals surface area (Å²) in [5.74, 6) is 0.371.